The molecule has 16 heavy (non-hydrogen) atoms. The summed E-state index contributed by atoms with van der Waals surface area (Å²) in [6.45, 7) is 9.60. The number of rotatable bonds is 0. The quantitative estimate of drug-likeness (QED) is 0.664. The summed E-state index contributed by atoms with van der Waals surface area (Å²) >= 11 is 0. The van der Waals surface area contributed by atoms with E-state index in [-0.39, 0.29) is 11.5 Å². The molecule has 3 aliphatic rings. The van der Waals surface area contributed by atoms with Crippen molar-refractivity contribution in [1.29, 1.82) is 0 Å². The number of aliphatic hydroxyl groups is 1. The average Bonchev–Trinajstić information content (AvgIpc) is 2.47. The van der Waals surface area contributed by atoms with Crippen molar-refractivity contribution in [2.24, 2.45) is 28.1 Å². The third kappa shape index (κ3) is 0.978. The Hall–Kier alpha value is -0.0400. The Kier molecular flexibility index (Phi) is 1.98. The lowest BCUT2D eigenvalue weighted by Crippen LogP contribution is -2.43. The second kappa shape index (κ2) is 2.85. The highest BCUT2D eigenvalue weighted by Gasteiger charge is 2.70. The first-order valence-electron chi connectivity index (χ1n) is 7.01. The van der Waals surface area contributed by atoms with Crippen LogP contribution in [0.25, 0.3) is 0 Å². The van der Waals surface area contributed by atoms with Gasteiger partial charge in [-0.2, -0.15) is 0 Å². The highest BCUT2D eigenvalue weighted by molar-refractivity contribution is 5.19. The van der Waals surface area contributed by atoms with Crippen molar-refractivity contribution in [3.05, 3.63) is 0 Å². The van der Waals surface area contributed by atoms with E-state index in [9.17, 15) is 5.11 Å². The monoisotopic (exact) mass is 222 g/mol. The van der Waals surface area contributed by atoms with Gasteiger partial charge in [-0.3, -0.25) is 0 Å². The average molecular weight is 222 g/mol. The van der Waals surface area contributed by atoms with Gasteiger partial charge in [-0.1, -0.05) is 34.1 Å². The zero-order valence-corrected chi connectivity index (χ0v) is 11.2. The third-order valence-corrected chi connectivity index (χ3v) is 6.94. The van der Waals surface area contributed by atoms with Crippen LogP contribution in [-0.2, 0) is 0 Å². The van der Waals surface area contributed by atoms with Crippen LogP contribution in [-0.4, -0.2) is 11.2 Å². The van der Waals surface area contributed by atoms with Gasteiger partial charge < -0.3 is 5.11 Å². The molecule has 1 heteroatoms. The summed E-state index contributed by atoms with van der Waals surface area (Å²) in [4.78, 5) is 0. The van der Waals surface area contributed by atoms with E-state index in [4.69, 9.17) is 0 Å². The maximum absolute atomic E-state index is 10.8. The second-order valence-electron chi connectivity index (χ2n) is 7.79. The van der Waals surface area contributed by atoms with Gasteiger partial charge in [0.25, 0.3) is 0 Å². The van der Waals surface area contributed by atoms with E-state index in [0.717, 1.165) is 5.92 Å². The molecule has 0 heterocycles. The Bertz CT molecular complexity index is 321. The molecule has 1 nitrogen and oxygen atoms in total. The van der Waals surface area contributed by atoms with Crippen molar-refractivity contribution in [2.75, 3.05) is 0 Å². The van der Waals surface area contributed by atoms with Crippen molar-refractivity contribution in [3.8, 4) is 0 Å². The fourth-order valence-electron chi connectivity index (χ4n) is 5.68. The summed E-state index contributed by atoms with van der Waals surface area (Å²) < 4.78 is 0. The van der Waals surface area contributed by atoms with Crippen LogP contribution in [0.2, 0.25) is 0 Å². The molecule has 4 bridgehead atoms. The minimum atomic E-state index is -0.0495. The Balaban J connectivity index is 2.12. The molecule has 3 saturated carbocycles. The predicted octanol–water partition coefficient (Wildman–Crippen LogP) is 3.61. The lowest BCUT2D eigenvalue weighted by Gasteiger charge is -2.44. The Morgan fingerprint density at radius 1 is 0.938 bits per heavy atom. The molecular formula is C15H26O. The van der Waals surface area contributed by atoms with E-state index in [0.29, 0.717) is 16.7 Å². The van der Waals surface area contributed by atoms with Crippen LogP contribution < -0.4 is 0 Å². The normalized spacial score (nSPS) is 58.7. The summed E-state index contributed by atoms with van der Waals surface area (Å²) in [5.41, 5.74) is 0.977. The lowest BCUT2D eigenvalue weighted by molar-refractivity contribution is -0.0578. The summed E-state index contributed by atoms with van der Waals surface area (Å²) in [6, 6.07) is 0. The van der Waals surface area contributed by atoms with Crippen LogP contribution in [0.1, 0.15) is 59.8 Å². The van der Waals surface area contributed by atoms with Crippen molar-refractivity contribution >= 4 is 0 Å². The standard InChI is InChI=1S/C15H26O/c1-13(2)7-5-8-14(3)10-6-9-15(14,4)12(16)11(10)13/h10-12,16H,5-9H2,1-4H3/t10-,11+,12-,14+,15+/m0/s1. The van der Waals surface area contributed by atoms with Crippen LogP contribution in [0.4, 0.5) is 0 Å². The van der Waals surface area contributed by atoms with Gasteiger partial charge in [0.1, 0.15) is 0 Å². The largest absolute Gasteiger partial charge is 0.392 e. The van der Waals surface area contributed by atoms with Crippen molar-refractivity contribution < 1.29 is 5.11 Å². The maximum atomic E-state index is 10.8. The lowest BCUT2D eigenvalue weighted by atomic mass is 9.63. The third-order valence-electron chi connectivity index (χ3n) is 6.94. The summed E-state index contributed by atoms with van der Waals surface area (Å²) in [5, 5.41) is 10.8. The smallest absolute Gasteiger partial charge is 0.0635 e. The molecule has 1 N–H and O–H groups in total. The molecule has 0 saturated heterocycles. The first kappa shape index (κ1) is 11.1. The van der Waals surface area contributed by atoms with E-state index in [2.05, 4.69) is 27.7 Å². The molecule has 0 aliphatic heterocycles. The van der Waals surface area contributed by atoms with Crippen LogP contribution >= 0.6 is 0 Å². The van der Waals surface area contributed by atoms with E-state index in [1.807, 2.05) is 0 Å². The number of hydrogen-bond acceptors (Lipinski definition) is 1. The highest BCUT2D eigenvalue weighted by atomic mass is 16.3. The van der Waals surface area contributed by atoms with Gasteiger partial charge in [-0.15, -0.1) is 0 Å². The zero-order chi connectivity index (χ0) is 11.8. The van der Waals surface area contributed by atoms with Crippen molar-refractivity contribution in [1.82, 2.24) is 0 Å². The van der Waals surface area contributed by atoms with Gasteiger partial charge in [0.2, 0.25) is 0 Å². The Labute approximate surface area is 99.6 Å². The minimum Gasteiger partial charge on any atom is -0.392 e. The molecule has 0 aromatic rings. The van der Waals surface area contributed by atoms with Crippen LogP contribution in [0.15, 0.2) is 0 Å². The fraction of sp³-hybridized carbons (Fsp3) is 1.00. The molecule has 0 spiro atoms. The van der Waals surface area contributed by atoms with Gasteiger partial charge in [0.05, 0.1) is 6.10 Å². The first-order valence-corrected chi connectivity index (χ1v) is 7.01. The summed E-state index contributed by atoms with van der Waals surface area (Å²) in [5.74, 6) is 1.34. The summed E-state index contributed by atoms with van der Waals surface area (Å²) in [7, 11) is 0. The molecule has 0 aromatic carbocycles. The van der Waals surface area contributed by atoms with E-state index >= 15 is 0 Å². The van der Waals surface area contributed by atoms with Crippen LogP contribution in [0.3, 0.4) is 0 Å². The second-order valence-corrected chi connectivity index (χ2v) is 7.79. The van der Waals surface area contributed by atoms with Crippen molar-refractivity contribution in [2.45, 2.75) is 65.9 Å². The Morgan fingerprint density at radius 2 is 1.62 bits per heavy atom. The van der Waals surface area contributed by atoms with Crippen LogP contribution in [0, 0.1) is 28.1 Å². The molecule has 3 aliphatic carbocycles. The first-order chi connectivity index (χ1) is 7.33. The molecule has 0 unspecified atom stereocenters. The summed E-state index contributed by atoms with van der Waals surface area (Å²) in [6.07, 6.45) is 6.56. The molecule has 3 fully saturated rings. The molecule has 0 amide bonds. The van der Waals surface area contributed by atoms with Crippen molar-refractivity contribution in [3.63, 3.8) is 0 Å². The maximum Gasteiger partial charge on any atom is 0.0635 e. The van der Waals surface area contributed by atoms with Gasteiger partial charge in [0, 0.05) is 0 Å². The molecule has 92 valence electrons. The molecule has 3 rings (SSSR count). The molecule has 0 aromatic heterocycles. The zero-order valence-electron chi connectivity index (χ0n) is 11.2. The van der Waals surface area contributed by atoms with Gasteiger partial charge >= 0.3 is 0 Å². The van der Waals surface area contributed by atoms with Gasteiger partial charge in [-0.05, 0) is 53.8 Å². The molecule has 5 atom stereocenters. The van der Waals surface area contributed by atoms with E-state index in [1.165, 1.54) is 32.1 Å². The van der Waals surface area contributed by atoms with Gasteiger partial charge in [-0.25, -0.2) is 0 Å². The van der Waals surface area contributed by atoms with E-state index < -0.39 is 0 Å². The fourth-order valence-corrected chi connectivity index (χ4v) is 5.68. The number of hydrogen-bond donors (Lipinski definition) is 1. The predicted molar refractivity (Wildman–Crippen MR) is 66.1 cm³/mol. The Morgan fingerprint density at radius 3 is 2.31 bits per heavy atom. The minimum absolute atomic E-state index is 0.0495. The topological polar surface area (TPSA) is 20.2 Å². The number of aliphatic hydroxyl groups excluding tert-OH is 1. The van der Waals surface area contributed by atoms with Gasteiger partial charge in [0.15, 0.2) is 0 Å². The molecule has 0 radical (unpaired) electrons. The van der Waals surface area contributed by atoms with Crippen LogP contribution in [0.5, 0.6) is 0 Å². The highest BCUT2D eigenvalue weighted by Crippen LogP contribution is 2.74. The molecular weight excluding hydrogens is 196 g/mol. The van der Waals surface area contributed by atoms with E-state index in [1.54, 1.807) is 0 Å². The SMILES string of the molecule is CC1(C)CCC[C@]2(C)[C@H]3CC[C@]2(C)[C@@H](O)[C@@H]31.